The second-order valence-electron chi connectivity index (χ2n) is 4.67. The minimum Gasteiger partial charge on any atom is -0.493 e. The lowest BCUT2D eigenvalue weighted by Gasteiger charge is -2.11. The Morgan fingerprint density at radius 2 is 2.05 bits per heavy atom. The van der Waals surface area contributed by atoms with E-state index in [-0.39, 0.29) is 0 Å². The number of aromatic amines is 1. The van der Waals surface area contributed by atoms with Crippen LogP contribution in [0.3, 0.4) is 0 Å². The number of methoxy groups -OCH3 is 2. The second kappa shape index (κ2) is 6.53. The van der Waals surface area contributed by atoms with Crippen molar-refractivity contribution in [2.75, 3.05) is 19.5 Å². The molecule has 3 rings (SSSR count). The van der Waals surface area contributed by atoms with Crippen molar-refractivity contribution in [3.63, 3.8) is 0 Å². The first kappa shape index (κ1) is 14.5. The number of benzene rings is 1. The van der Waals surface area contributed by atoms with Crippen molar-refractivity contribution in [2.45, 2.75) is 6.54 Å². The molecule has 0 bridgehead atoms. The van der Waals surface area contributed by atoms with Gasteiger partial charge in [0.05, 0.1) is 31.0 Å². The van der Waals surface area contributed by atoms with E-state index in [2.05, 4.69) is 27.0 Å². The summed E-state index contributed by atoms with van der Waals surface area (Å²) in [6, 6.07) is 9.89. The zero-order valence-electron chi connectivity index (χ0n) is 12.4. The summed E-state index contributed by atoms with van der Waals surface area (Å²) in [4.78, 5) is 1.18. The molecule has 0 aliphatic rings. The van der Waals surface area contributed by atoms with Crippen molar-refractivity contribution in [3.05, 3.63) is 47.5 Å². The van der Waals surface area contributed by atoms with Crippen molar-refractivity contribution in [1.29, 1.82) is 0 Å². The number of nitrogens with one attached hydrogen (secondary N) is 2. The van der Waals surface area contributed by atoms with E-state index in [1.54, 1.807) is 25.6 Å². The molecule has 114 valence electrons. The highest BCUT2D eigenvalue weighted by Gasteiger charge is 2.09. The molecule has 0 unspecified atom stereocenters. The summed E-state index contributed by atoms with van der Waals surface area (Å²) in [7, 11) is 3.26. The number of hydrogen-bond acceptors (Lipinski definition) is 5. The van der Waals surface area contributed by atoms with E-state index >= 15 is 0 Å². The minimum atomic E-state index is 0.680. The van der Waals surface area contributed by atoms with Crippen LogP contribution in [0.5, 0.6) is 11.5 Å². The average Bonchev–Trinajstić information content (AvgIpc) is 3.23. The number of rotatable bonds is 6. The molecule has 0 radical (unpaired) electrons. The summed E-state index contributed by atoms with van der Waals surface area (Å²) >= 11 is 1.69. The molecule has 0 fully saturated rings. The van der Waals surface area contributed by atoms with Gasteiger partial charge in [-0.1, -0.05) is 6.07 Å². The van der Waals surface area contributed by atoms with Crippen molar-refractivity contribution >= 4 is 17.0 Å². The van der Waals surface area contributed by atoms with Crippen molar-refractivity contribution < 1.29 is 9.47 Å². The maximum absolute atomic E-state index is 5.31. The monoisotopic (exact) mass is 315 g/mol. The molecule has 6 heteroatoms. The molecule has 2 N–H and O–H groups in total. The molecule has 0 atom stereocenters. The maximum atomic E-state index is 5.31. The van der Waals surface area contributed by atoms with E-state index in [4.69, 9.17) is 9.47 Å². The molecular weight excluding hydrogens is 298 g/mol. The van der Waals surface area contributed by atoms with Crippen LogP contribution in [-0.4, -0.2) is 24.4 Å². The molecule has 0 aliphatic carbocycles. The number of H-pyrrole nitrogens is 1. The van der Waals surface area contributed by atoms with Gasteiger partial charge >= 0.3 is 0 Å². The predicted molar refractivity (Wildman–Crippen MR) is 88.8 cm³/mol. The third-order valence-electron chi connectivity index (χ3n) is 3.35. The third-order valence-corrected chi connectivity index (χ3v) is 4.24. The van der Waals surface area contributed by atoms with Gasteiger partial charge in [-0.25, -0.2) is 0 Å². The topological polar surface area (TPSA) is 59.2 Å². The molecule has 0 spiro atoms. The van der Waals surface area contributed by atoms with Crippen LogP contribution in [0.15, 0.2) is 41.9 Å². The summed E-state index contributed by atoms with van der Waals surface area (Å²) < 4.78 is 10.6. The minimum absolute atomic E-state index is 0.680. The van der Waals surface area contributed by atoms with E-state index in [0.717, 1.165) is 22.7 Å². The molecule has 1 aromatic carbocycles. The quantitative estimate of drug-likeness (QED) is 0.727. The van der Waals surface area contributed by atoms with Gasteiger partial charge in [-0.3, -0.25) is 5.10 Å². The van der Waals surface area contributed by atoms with E-state index in [9.17, 15) is 0 Å². The summed E-state index contributed by atoms with van der Waals surface area (Å²) in [5.74, 6) is 1.42. The van der Waals surface area contributed by atoms with Gasteiger partial charge in [0.1, 0.15) is 0 Å². The molecule has 0 saturated carbocycles. The molecule has 2 aromatic heterocycles. The SMILES string of the molecule is COc1ccc(NCc2cn[nH]c2-c2cccs2)cc1OC. The highest BCUT2D eigenvalue weighted by atomic mass is 32.1. The van der Waals surface area contributed by atoms with Crippen LogP contribution in [-0.2, 0) is 6.54 Å². The first-order chi connectivity index (χ1) is 10.8. The number of anilines is 1. The van der Waals surface area contributed by atoms with Gasteiger partial charge in [-0.05, 0) is 23.6 Å². The van der Waals surface area contributed by atoms with Gasteiger partial charge in [-0.15, -0.1) is 11.3 Å². The molecule has 2 heterocycles. The Morgan fingerprint density at radius 1 is 1.18 bits per heavy atom. The van der Waals surface area contributed by atoms with Crippen LogP contribution in [0.1, 0.15) is 5.56 Å². The van der Waals surface area contributed by atoms with E-state index < -0.39 is 0 Å². The third kappa shape index (κ3) is 2.92. The van der Waals surface area contributed by atoms with Crippen LogP contribution in [0, 0.1) is 0 Å². The molecule has 22 heavy (non-hydrogen) atoms. The Balaban J connectivity index is 1.75. The zero-order valence-corrected chi connectivity index (χ0v) is 13.2. The fraction of sp³-hybridized carbons (Fsp3) is 0.188. The number of nitrogens with zero attached hydrogens (tertiary/aromatic N) is 1. The lowest BCUT2D eigenvalue weighted by molar-refractivity contribution is 0.355. The molecule has 0 saturated heterocycles. The molecule has 0 aliphatic heterocycles. The number of ether oxygens (including phenoxy) is 2. The summed E-state index contributed by atoms with van der Waals surface area (Å²) in [6.07, 6.45) is 1.85. The smallest absolute Gasteiger partial charge is 0.162 e. The summed E-state index contributed by atoms with van der Waals surface area (Å²) in [6.45, 7) is 0.680. The molecular formula is C16H17N3O2S. The highest BCUT2D eigenvalue weighted by Crippen LogP contribution is 2.31. The van der Waals surface area contributed by atoms with Crippen LogP contribution >= 0.6 is 11.3 Å². The number of hydrogen-bond donors (Lipinski definition) is 2. The van der Waals surface area contributed by atoms with Crippen LogP contribution in [0.4, 0.5) is 5.69 Å². The Labute approximate surface area is 132 Å². The van der Waals surface area contributed by atoms with E-state index in [1.807, 2.05) is 30.5 Å². The molecule has 0 amide bonds. The van der Waals surface area contributed by atoms with Crippen molar-refractivity contribution in [3.8, 4) is 22.1 Å². The zero-order chi connectivity index (χ0) is 15.4. The van der Waals surface area contributed by atoms with Crippen molar-refractivity contribution in [2.24, 2.45) is 0 Å². The normalized spacial score (nSPS) is 10.5. The fourth-order valence-corrected chi connectivity index (χ4v) is 2.98. The van der Waals surface area contributed by atoms with E-state index in [1.165, 1.54) is 4.88 Å². The fourth-order valence-electron chi connectivity index (χ4n) is 2.22. The first-order valence-corrected chi connectivity index (χ1v) is 7.72. The Kier molecular flexibility index (Phi) is 4.29. The Morgan fingerprint density at radius 3 is 2.77 bits per heavy atom. The maximum Gasteiger partial charge on any atom is 0.162 e. The lowest BCUT2D eigenvalue weighted by atomic mass is 10.2. The Bertz CT molecular complexity index is 738. The van der Waals surface area contributed by atoms with Crippen LogP contribution in [0.2, 0.25) is 0 Å². The van der Waals surface area contributed by atoms with Crippen molar-refractivity contribution in [1.82, 2.24) is 10.2 Å². The van der Waals surface area contributed by atoms with Gasteiger partial charge in [0.15, 0.2) is 11.5 Å². The number of thiophene rings is 1. The van der Waals surface area contributed by atoms with Crippen LogP contribution in [0.25, 0.3) is 10.6 Å². The average molecular weight is 315 g/mol. The molecule has 3 aromatic rings. The summed E-state index contributed by atoms with van der Waals surface area (Å²) in [5.41, 5.74) is 3.15. The molecule has 5 nitrogen and oxygen atoms in total. The highest BCUT2D eigenvalue weighted by molar-refractivity contribution is 7.13. The standard InChI is InChI=1S/C16H17N3O2S/c1-20-13-6-5-12(8-14(13)21-2)17-9-11-10-18-19-16(11)15-4-3-7-22-15/h3-8,10,17H,9H2,1-2H3,(H,18,19). The van der Waals surface area contributed by atoms with Gasteiger partial charge in [-0.2, -0.15) is 5.10 Å². The second-order valence-corrected chi connectivity index (χ2v) is 5.62. The predicted octanol–water partition coefficient (Wildman–Crippen LogP) is 3.77. The largest absolute Gasteiger partial charge is 0.493 e. The summed E-state index contributed by atoms with van der Waals surface area (Å²) in [5, 5.41) is 12.7. The van der Waals surface area contributed by atoms with Gasteiger partial charge < -0.3 is 14.8 Å². The Hall–Kier alpha value is -2.47. The van der Waals surface area contributed by atoms with Crippen LogP contribution < -0.4 is 14.8 Å². The van der Waals surface area contributed by atoms with Gasteiger partial charge in [0.25, 0.3) is 0 Å². The first-order valence-electron chi connectivity index (χ1n) is 6.84. The number of aromatic nitrogens is 2. The lowest BCUT2D eigenvalue weighted by Crippen LogP contribution is -2.00. The van der Waals surface area contributed by atoms with E-state index in [0.29, 0.717) is 12.3 Å². The van der Waals surface area contributed by atoms with Gasteiger partial charge in [0, 0.05) is 23.9 Å². The van der Waals surface area contributed by atoms with Gasteiger partial charge in [0.2, 0.25) is 0 Å².